The van der Waals surface area contributed by atoms with Crippen molar-refractivity contribution in [3.8, 4) is 11.3 Å². The molecule has 0 fully saturated rings. The molecule has 4 rings (SSSR count). The zero-order valence-corrected chi connectivity index (χ0v) is 20.2. The van der Waals surface area contributed by atoms with E-state index in [1.165, 1.54) is 16.9 Å². The van der Waals surface area contributed by atoms with Crippen LogP contribution in [0.4, 0.5) is 5.95 Å². The molecule has 170 valence electrons. The van der Waals surface area contributed by atoms with Crippen molar-refractivity contribution >= 4 is 34.1 Å². The molecule has 4 aromatic rings. The van der Waals surface area contributed by atoms with Crippen molar-refractivity contribution in [2.75, 3.05) is 11.9 Å². The van der Waals surface area contributed by atoms with Crippen molar-refractivity contribution < 1.29 is 9.59 Å². The van der Waals surface area contributed by atoms with Crippen molar-refractivity contribution in [2.45, 2.75) is 40.0 Å². The summed E-state index contributed by atoms with van der Waals surface area (Å²) in [6.45, 7) is 10.3. The Balaban J connectivity index is 1.40. The van der Waals surface area contributed by atoms with Crippen LogP contribution in [-0.4, -0.2) is 33.0 Å². The van der Waals surface area contributed by atoms with Gasteiger partial charge in [0.15, 0.2) is 0 Å². The van der Waals surface area contributed by atoms with Crippen molar-refractivity contribution in [1.29, 1.82) is 0 Å². The molecule has 2 aromatic carbocycles. The fraction of sp³-hybridized carbons (Fsp3) is 0.280. The van der Waals surface area contributed by atoms with Crippen LogP contribution in [-0.2, 0) is 10.2 Å². The Morgan fingerprint density at radius 1 is 1.06 bits per heavy atom. The number of hydrogen-bond donors (Lipinski definition) is 2. The second kappa shape index (κ2) is 8.78. The minimum Gasteiger partial charge on any atom is -0.343 e. The number of nitrogens with zero attached hydrogens (tertiary/aromatic N) is 3. The molecule has 0 aliphatic carbocycles. The lowest BCUT2D eigenvalue weighted by Crippen LogP contribution is -2.33. The van der Waals surface area contributed by atoms with Gasteiger partial charge < -0.3 is 5.32 Å². The molecule has 0 aliphatic rings. The third-order valence-corrected chi connectivity index (χ3v) is 6.23. The van der Waals surface area contributed by atoms with Crippen LogP contribution in [0.2, 0.25) is 0 Å². The summed E-state index contributed by atoms with van der Waals surface area (Å²) < 4.78 is 1.73. The van der Waals surface area contributed by atoms with Gasteiger partial charge in [-0.05, 0) is 42.5 Å². The fourth-order valence-electron chi connectivity index (χ4n) is 3.57. The summed E-state index contributed by atoms with van der Waals surface area (Å²) >= 11 is 1.46. The molecular weight excluding hydrogens is 434 g/mol. The maximum atomic E-state index is 12.4. The molecule has 2 aromatic heterocycles. The highest BCUT2D eigenvalue weighted by Crippen LogP contribution is 2.29. The van der Waals surface area contributed by atoms with Gasteiger partial charge in [0.25, 0.3) is 11.9 Å². The number of aromatic nitrogens is 3. The van der Waals surface area contributed by atoms with E-state index < -0.39 is 0 Å². The summed E-state index contributed by atoms with van der Waals surface area (Å²) in [6, 6.07) is 13.7. The first-order chi connectivity index (χ1) is 15.6. The first-order valence-electron chi connectivity index (χ1n) is 10.7. The smallest absolute Gasteiger partial charge is 0.251 e. The van der Waals surface area contributed by atoms with Crippen molar-refractivity contribution in [2.24, 2.45) is 0 Å². The van der Waals surface area contributed by atoms with Gasteiger partial charge in [-0.15, -0.1) is 16.4 Å². The average Bonchev–Trinajstić information content (AvgIpc) is 3.32. The minimum absolute atomic E-state index is 0.0121. The highest BCUT2D eigenvalue weighted by Gasteiger charge is 2.17. The van der Waals surface area contributed by atoms with E-state index in [-0.39, 0.29) is 29.7 Å². The number of hydrogen-bond acceptors (Lipinski definition) is 5. The van der Waals surface area contributed by atoms with Crippen molar-refractivity contribution in [3.63, 3.8) is 0 Å². The number of aryl methyl sites for hydroxylation is 2. The largest absolute Gasteiger partial charge is 0.343 e. The SMILES string of the molecule is Cc1ccc(-c2csc3nc(NC(=O)CNC(=O)c4ccc(C(C)(C)C)cc4)nn23)c(C)c1. The van der Waals surface area contributed by atoms with Gasteiger partial charge in [-0.1, -0.05) is 56.7 Å². The number of benzene rings is 2. The summed E-state index contributed by atoms with van der Waals surface area (Å²) in [5, 5.41) is 11.8. The Kier molecular flexibility index (Phi) is 6.03. The predicted octanol–water partition coefficient (Wildman–Crippen LogP) is 4.74. The quantitative estimate of drug-likeness (QED) is 0.449. The highest BCUT2D eigenvalue weighted by atomic mass is 32.1. The van der Waals surface area contributed by atoms with E-state index in [4.69, 9.17) is 0 Å². The highest BCUT2D eigenvalue weighted by molar-refractivity contribution is 7.15. The lowest BCUT2D eigenvalue weighted by atomic mass is 9.87. The van der Waals surface area contributed by atoms with E-state index in [9.17, 15) is 9.59 Å². The number of nitrogens with one attached hydrogen (secondary N) is 2. The molecule has 0 radical (unpaired) electrons. The number of rotatable bonds is 5. The Morgan fingerprint density at radius 2 is 1.79 bits per heavy atom. The Hall–Kier alpha value is -3.52. The molecule has 7 nitrogen and oxygen atoms in total. The Bertz CT molecular complexity index is 1330. The third-order valence-electron chi connectivity index (χ3n) is 5.41. The lowest BCUT2D eigenvalue weighted by molar-refractivity contribution is -0.115. The van der Waals surface area contributed by atoms with Gasteiger partial charge in [-0.25, -0.2) is 4.52 Å². The van der Waals surface area contributed by atoms with Crippen molar-refractivity contribution in [3.05, 3.63) is 70.1 Å². The first-order valence-corrected chi connectivity index (χ1v) is 11.6. The van der Waals surface area contributed by atoms with Crippen LogP contribution in [0.3, 0.4) is 0 Å². The molecule has 0 saturated carbocycles. The van der Waals surface area contributed by atoms with Crippen molar-refractivity contribution in [1.82, 2.24) is 19.9 Å². The van der Waals surface area contributed by atoms with E-state index in [0.29, 0.717) is 10.5 Å². The maximum absolute atomic E-state index is 12.4. The van der Waals surface area contributed by atoms with Crippen LogP contribution < -0.4 is 10.6 Å². The van der Waals surface area contributed by atoms with Gasteiger partial charge in [-0.2, -0.15) is 4.98 Å². The Morgan fingerprint density at radius 3 is 2.45 bits per heavy atom. The summed E-state index contributed by atoms with van der Waals surface area (Å²) in [6.07, 6.45) is 0. The summed E-state index contributed by atoms with van der Waals surface area (Å²) in [5.41, 5.74) is 6.00. The molecule has 0 atom stereocenters. The van der Waals surface area contributed by atoms with E-state index in [1.54, 1.807) is 16.6 Å². The molecule has 0 unspecified atom stereocenters. The standard InChI is InChI=1S/C25H27N5O2S/c1-15-6-11-19(16(2)12-15)20-14-33-24-28-23(29-30(20)24)27-21(31)13-26-22(32)17-7-9-18(10-8-17)25(3,4)5/h6-12,14H,13H2,1-5H3,(H,26,32)(H,27,29,31). The van der Waals surface area contributed by atoms with Crippen LogP contribution in [0, 0.1) is 13.8 Å². The zero-order chi connectivity index (χ0) is 23.8. The molecule has 2 amide bonds. The molecule has 0 spiro atoms. The Labute approximate surface area is 196 Å². The topological polar surface area (TPSA) is 88.4 Å². The minimum atomic E-state index is -0.388. The third kappa shape index (κ3) is 4.96. The number of fused-ring (bicyclic) bond motifs is 1. The number of carbonyl (C=O) groups is 2. The fourth-order valence-corrected chi connectivity index (χ4v) is 4.40. The van der Waals surface area contributed by atoms with Gasteiger partial charge in [0.1, 0.15) is 0 Å². The molecular formula is C25H27N5O2S. The van der Waals surface area contributed by atoms with E-state index in [0.717, 1.165) is 22.4 Å². The number of carbonyl (C=O) groups excluding carboxylic acids is 2. The van der Waals surface area contributed by atoms with Crippen LogP contribution in [0.5, 0.6) is 0 Å². The van der Waals surface area contributed by atoms with Gasteiger partial charge in [0.2, 0.25) is 10.9 Å². The summed E-state index contributed by atoms with van der Waals surface area (Å²) in [7, 11) is 0. The monoisotopic (exact) mass is 461 g/mol. The summed E-state index contributed by atoms with van der Waals surface area (Å²) in [5.74, 6) is -0.482. The summed E-state index contributed by atoms with van der Waals surface area (Å²) in [4.78, 5) is 29.8. The molecule has 0 saturated heterocycles. The van der Waals surface area contributed by atoms with Crippen LogP contribution >= 0.6 is 11.3 Å². The van der Waals surface area contributed by atoms with Gasteiger partial charge >= 0.3 is 0 Å². The molecule has 2 heterocycles. The molecule has 2 N–H and O–H groups in total. The molecule has 0 aliphatic heterocycles. The van der Waals surface area contributed by atoms with Gasteiger partial charge in [0.05, 0.1) is 12.2 Å². The van der Waals surface area contributed by atoms with Gasteiger partial charge in [0, 0.05) is 16.5 Å². The van der Waals surface area contributed by atoms with E-state index in [1.807, 2.05) is 17.5 Å². The average molecular weight is 462 g/mol. The van der Waals surface area contributed by atoms with Crippen LogP contribution in [0.1, 0.15) is 47.8 Å². The van der Waals surface area contributed by atoms with E-state index >= 15 is 0 Å². The maximum Gasteiger partial charge on any atom is 0.251 e. The normalized spacial score (nSPS) is 11.5. The lowest BCUT2D eigenvalue weighted by Gasteiger charge is -2.19. The number of amides is 2. The molecule has 8 heteroatoms. The number of thiazole rings is 1. The molecule has 33 heavy (non-hydrogen) atoms. The van der Waals surface area contributed by atoms with Gasteiger partial charge in [-0.3, -0.25) is 14.9 Å². The van der Waals surface area contributed by atoms with Crippen LogP contribution in [0.15, 0.2) is 47.8 Å². The predicted molar refractivity (Wildman–Crippen MR) is 132 cm³/mol. The number of anilines is 1. The first kappa shape index (κ1) is 22.7. The van der Waals surface area contributed by atoms with E-state index in [2.05, 4.69) is 73.5 Å². The van der Waals surface area contributed by atoms with Crippen LogP contribution in [0.25, 0.3) is 16.2 Å². The second-order valence-corrected chi connectivity index (χ2v) is 9.96. The molecule has 0 bridgehead atoms. The zero-order valence-electron chi connectivity index (χ0n) is 19.4. The second-order valence-electron chi connectivity index (χ2n) is 9.13.